The van der Waals surface area contributed by atoms with Crippen molar-refractivity contribution in [2.24, 2.45) is 0 Å². The van der Waals surface area contributed by atoms with Gasteiger partial charge in [0.15, 0.2) is 0 Å². The van der Waals surface area contributed by atoms with Gasteiger partial charge in [0.05, 0.1) is 10.7 Å². The molecule has 0 saturated carbocycles. The number of hydrogen-bond acceptors (Lipinski definition) is 4. The first-order chi connectivity index (χ1) is 12.5. The molecule has 1 aromatic carbocycles. The van der Waals surface area contributed by atoms with Crippen molar-refractivity contribution in [3.05, 3.63) is 52.3 Å². The number of aromatic nitrogens is 1. The van der Waals surface area contributed by atoms with Gasteiger partial charge in [0.25, 0.3) is 5.91 Å². The Hall–Kier alpha value is -2.60. The van der Waals surface area contributed by atoms with Gasteiger partial charge >= 0.3 is 0 Å². The molecule has 26 heavy (non-hydrogen) atoms. The molecule has 1 N–H and O–H groups in total. The summed E-state index contributed by atoms with van der Waals surface area (Å²) in [5.74, 6) is -0.133. The number of nitrogens with one attached hydrogen (secondary N) is 1. The fraction of sp³-hybridized carbons (Fsp3) is 0.316. The first-order valence-electron chi connectivity index (χ1n) is 8.46. The summed E-state index contributed by atoms with van der Waals surface area (Å²) < 4.78 is 0. The van der Waals surface area contributed by atoms with Crippen molar-refractivity contribution < 1.29 is 9.59 Å². The molecule has 0 atom stereocenters. The van der Waals surface area contributed by atoms with Crippen molar-refractivity contribution in [1.29, 1.82) is 0 Å². The van der Waals surface area contributed by atoms with Gasteiger partial charge < -0.3 is 15.1 Å². The van der Waals surface area contributed by atoms with E-state index in [1.165, 1.54) is 0 Å². The van der Waals surface area contributed by atoms with Crippen LogP contribution >= 0.6 is 11.6 Å². The third kappa shape index (κ3) is 3.96. The van der Waals surface area contributed by atoms with Crippen LogP contribution in [0.2, 0.25) is 5.02 Å². The second kappa shape index (κ2) is 7.74. The minimum atomic E-state index is -0.133. The number of anilines is 2. The molecule has 0 radical (unpaired) electrons. The molecule has 0 bridgehead atoms. The summed E-state index contributed by atoms with van der Waals surface area (Å²) in [5.41, 5.74) is 4.07. The molecular formula is C19H21ClN4O2. The van der Waals surface area contributed by atoms with E-state index < -0.39 is 0 Å². The Bertz CT molecular complexity index is 809. The zero-order valence-corrected chi connectivity index (χ0v) is 15.6. The first kappa shape index (κ1) is 18.2. The molecule has 0 spiro atoms. The topological polar surface area (TPSA) is 65.5 Å². The van der Waals surface area contributed by atoms with E-state index in [0.717, 1.165) is 28.9 Å². The molecule has 3 rings (SSSR count). The molecule has 0 unspecified atom stereocenters. The highest BCUT2D eigenvalue weighted by molar-refractivity contribution is 6.33. The number of rotatable bonds is 4. The van der Waals surface area contributed by atoms with Gasteiger partial charge in [-0.3, -0.25) is 14.6 Å². The van der Waals surface area contributed by atoms with E-state index in [-0.39, 0.29) is 5.91 Å². The lowest BCUT2D eigenvalue weighted by molar-refractivity contribution is -0.119. The van der Waals surface area contributed by atoms with Gasteiger partial charge in [-0.2, -0.15) is 0 Å². The predicted octanol–water partition coefficient (Wildman–Crippen LogP) is 3.01. The minimum Gasteiger partial charge on any atom is -0.354 e. The molecular weight excluding hydrogens is 352 g/mol. The smallest absolute Gasteiger partial charge is 0.272 e. The molecule has 6 nitrogen and oxygen atoms in total. The number of benzene rings is 1. The first-order valence-corrected chi connectivity index (χ1v) is 8.84. The van der Waals surface area contributed by atoms with Crippen molar-refractivity contribution in [3.63, 3.8) is 0 Å². The van der Waals surface area contributed by atoms with E-state index >= 15 is 0 Å². The lowest BCUT2D eigenvalue weighted by Gasteiger charge is -2.32. The Labute approximate surface area is 157 Å². The maximum absolute atomic E-state index is 12.7. The minimum absolute atomic E-state index is 0.133. The zero-order valence-electron chi connectivity index (χ0n) is 14.8. The van der Waals surface area contributed by atoms with E-state index in [9.17, 15) is 9.59 Å². The van der Waals surface area contributed by atoms with E-state index in [1.807, 2.05) is 26.0 Å². The Morgan fingerprint density at radius 2 is 1.92 bits per heavy atom. The lowest BCUT2D eigenvalue weighted by atomic mass is 10.1. The normalized spacial score (nSPS) is 14.3. The fourth-order valence-electron chi connectivity index (χ4n) is 3.04. The predicted molar refractivity (Wildman–Crippen MR) is 102 cm³/mol. The molecule has 136 valence electrons. The summed E-state index contributed by atoms with van der Waals surface area (Å²) in [4.78, 5) is 31.1. The molecule has 1 saturated heterocycles. The molecule has 1 aliphatic heterocycles. The van der Waals surface area contributed by atoms with Crippen LogP contribution in [0.4, 0.5) is 11.4 Å². The monoisotopic (exact) mass is 372 g/mol. The number of aryl methyl sites for hydroxylation is 2. The largest absolute Gasteiger partial charge is 0.354 e. The number of amides is 2. The van der Waals surface area contributed by atoms with E-state index in [1.54, 1.807) is 28.1 Å². The number of hydrogen-bond donors (Lipinski definition) is 1. The third-order valence-electron chi connectivity index (χ3n) is 4.43. The van der Waals surface area contributed by atoms with Crippen molar-refractivity contribution in [2.45, 2.75) is 13.8 Å². The maximum atomic E-state index is 12.7. The molecule has 1 aromatic heterocycles. The number of carbonyl (C=O) groups is 2. The van der Waals surface area contributed by atoms with Crippen LogP contribution in [-0.4, -0.2) is 53.3 Å². The van der Waals surface area contributed by atoms with Crippen LogP contribution in [-0.2, 0) is 4.79 Å². The molecule has 1 fully saturated rings. The Kier molecular flexibility index (Phi) is 5.42. The van der Waals surface area contributed by atoms with Crippen molar-refractivity contribution >= 4 is 35.3 Å². The summed E-state index contributed by atoms with van der Waals surface area (Å²) in [5, 5.41) is 3.92. The summed E-state index contributed by atoms with van der Waals surface area (Å²) >= 11 is 6.35. The van der Waals surface area contributed by atoms with E-state index in [0.29, 0.717) is 36.9 Å². The van der Waals surface area contributed by atoms with Gasteiger partial charge in [0.2, 0.25) is 6.41 Å². The average Bonchev–Trinajstić information content (AvgIpc) is 2.64. The van der Waals surface area contributed by atoms with Gasteiger partial charge in [-0.25, -0.2) is 0 Å². The van der Waals surface area contributed by atoms with Gasteiger partial charge in [-0.15, -0.1) is 0 Å². The maximum Gasteiger partial charge on any atom is 0.272 e. The van der Waals surface area contributed by atoms with Gasteiger partial charge in [-0.05, 0) is 43.2 Å². The van der Waals surface area contributed by atoms with Gasteiger partial charge in [0, 0.05) is 38.1 Å². The van der Waals surface area contributed by atoms with Crippen LogP contribution in [0.1, 0.15) is 21.6 Å². The van der Waals surface area contributed by atoms with Crippen LogP contribution in [0.25, 0.3) is 0 Å². The Balaban J connectivity index is 1.76. The van der Waals surface area contributed by atoms with Crippen molar-refractivity contribution in [3.8, 4) is 0 Å². The SMILES string of the molecule is Cc1cc(C)c(Nc2ccnc(C(=O)N3CCN(C=O)CC3)c2)c(Cl)c1. The summed E-state index contributed by atoms with van der Waals surface area (Å²) in [7, 11) is 0. The highest BCUT2D eigenvalue weighted by Gasteiger charge is 2.22. The number of carbonyl (C=O) groups excluding carboxylic acids is 2. The fourth-order valence-corrected chi connectivity index (χ4v) is 3.40. The standard InChI is InChI=1S/C19H21ClN4O2/c1-13-9-14(2)18(16(20)10-13)22-15-3-4-21-17(11-15)19(26)24-7-5-23(12-25)6-8-24/h3-4,9-12H,5-8H2,1-2H3,(H,21,22). The van der Waals surface area contributed by atoms with Gasteiger partial charge in [-0.1, -0.05) is 17.7 Å². The lowest BCUT2D eigenvalue weighted by Crippen LogP contribution is -2.48. The molecule has 2 amide bonds. The number of nitrogens with zero attached hydrogens (tertiary/aromatic N) is 3. The van der Waals surface area contributed by atoms with Crippen LogP contribution in [0.5, 0.6) is 0 Å². The second-order valence-corrected chi connectivity index (χ2v) is 6.83. The number of pyridine rings is 1. The quantitative estimate of drug-likeness (QED) is 0.838. The van der Waals surface area contributed by atoms with E-state index in [4.69, 9.17) is 11.6 Å². The highest BCUT2D eigenvalue weighted by atomic mass is 35.5. The number of piperazine rings is 1. The summed E-state index contributed by atoms with van der Waals surface area (Å²) in [6.45, 7) is 6.10. The van der Waals surface area contributed by atoms with Crippen LogP contribution in [0.3, 0.4) is 0 Å². The number of halogens is 1. The molecule has 2 aromatic rings. The molecule has 7 heteroatoms. The molecule has 0 aliphatic carbocycles. The average molecular weight is 373 g/mol. The zero-order chi connectivity index (χ0) is 18.7. The van der Waals surface area contributed by atoms with Crippen molar-refractivity contribution in [2.75, 3.05) is 31.5 Å². The van der Waals surface area contributed by atoms with Gasteiger partial charge in [0.1, 0.15) is 5.69 Å². The Morgan fingerprint density at radius 1 is 1.19 bits per heavy atom. The third-order valence-corrected chi connectivity index (χ3v) is 4.73. The van der Waals surface area contributed by atoms with Crippen molar-refractivity contribution in [1.82, 2.24) is 14.8 Å². The highest BCUT2D eigenvalue weighted by Crippen LogP contribution is 2.30. The van der Waals surface area contributed by atoms with Crippen LogP contribution in [0, 0.1) is 13.8 Å². The van der Waals surface area contributed by atoms with E-state index in [2.05, 4.69) is 10.3 Å². The Morgan fingerprint density at radius 3 is 2.58 bits per heavy atom. The second-order valence-electron chi connectivity index (χ2n) is 6.43. The summed E-state index contributed by atoms with van der Waals surface area (Å²) in [6.07, 6.45) is 2.42. The summed E-state index contributed by atoms with van der Waals surface area (Å²) in [6, 6.07) is 7.48. The molecule has 1 aliphatic rings. The molecule has 2 heterocycles. The van der Waals surface area contributed by atoms with Crippen LogP contribution < -0.4 is 5.32 Å². The van der Waals surface area contributed by atoms with Crippen LogP contribution in [0.15, 0.2) is 30.5 Å².